The van der Waals surface area contributed by atoms with Crippen LogP contribution in [-0.2, 0) is 0 Å². The molecule has 0 N–H and O–H groups in total. The van der Waals surface area contributed by atoms with E-state index in [9.17, 15) is 0 Å². The first kappa shape index (κ1) is 9.25. The lowest BCUT2D eigenvalue weighted by Gasteiger charge is -2.26. The van der Waals surface area contributed by atoms with Gasteiger partial charge < -0.3 is 0 Å². The molecule has 0 aliphatic heterocycles. The van der Waals surface area contributed by atoms with Crippen molar-refractivity contribution in [2.24, 2.45) is 5.92 Å². The van der Waals surface area contributed by atoms with E-state index in [0.29, 0.717) is 6.04 Å². The number of halogens is 1. The molecule has 1 aliphatic rings. The number of nitrogens with zero attached hydrogens (tertiary/aromatic N) is 2. The first-order chi connectivity index (χ1) is 6.25. The molecule has 3 heteroatoms. The van der Waals surface area contributed by atoms with Crippen molar-refractivity contribution in [3.8, 4) is 0 Å². The molecule has 1 fully saturated rings. The monoisotopic (exact) mass is 242 g/mol. The maximum Gasteiger partial charge on any atom is 0.0632 e. The van der Waals surface area contributed by atoms with E-state index in [1.54, 1.807) is 0 Å². The first-order valence-electron chi connectivity index (χ1n) is 4.95. The van der Waals surface area contributed by atoms with E-state index >= 15 is 0 Å². The van der Waals surface area contributed by atoms with Crippen LogP contribution in [0.2, 0.25) is 0 Å². The smallest absolute Gasteiger partial charge is 0.0632 e. The Morgan fingerprint density at radius 1 is 1.38 bits per heavy atom. The van der Waals surface area contributed by atoms with Crippen LogP contribution in [0.5, 0.6) is 0 Å². The third-order valence-corrected chi connectivity index (χ3v) is 3.34. The molecule has 0 aromatic carbocycles. The maximum atomic E-state index is 4.33. The Bertz CT molecular complexity index is 274. The SMILES string of the molecule is CC1CCC(n2cc(Br)cn2)CC1. The summed E-state index contributed by atoms with van der Waals surface area (Å²) in [4.78, 5) is 0. The van der Waals surface area contributed by atoms with E-state index in [1.165, 1.54) is 25.7 Å². The zero-order valence-corrected chi connectivity index (χ0v) is 9.50. The second-order valence-electron chi connectivity index (χ2n) is 4.05. The number of hydrogen-bond acceptors (Lipinski definition) is 1. The molecule has 0 amide bonds. The van der Waals surface area contributed by atoms with Crippen molar-refractivity contribution < 1.29 is 0 Å². The van der Waals surface area contributed by atoms with Gasteiger partial charge >= 0.3 is 0 Å². The summed E-state index contributed by atoms with van der Waals surface area (Å²) < 4.78 is 3.20. The lowest BCUT2D eigenvalue weighted by molar-refractivity contribution is 0.274. The maximum absolute atomic E-state index is 4.33. The highest BCUT2D eigenvalue weighted by Gasteiger charge is 2.19. The van der Waals surface area contributed by atoms with Gasteiger partial charge in [-0.15, -0.1) is 0 Å². The standard InChI is InChI=1S/C10H15BrN2/c1-8-2-4-10(5-3-8)13-7-9(11)6-12-13/h6-8,10H,2-5H2,1H3. The molecule has 72 valence electrons. The molecule has 0 atom stereocenters. The van der Waals surface area contributed by atoms with Crippen LogP contribution in [0.1, 0.15) is 38.6 Å². The zero-order valence-electron chi connectivity index (χ0n) is 7.91. The highest BCUT2D eigenvalue weighted by atomic mass is 79.9. The number of aromatic nitrogens is 2. The Hall–Kier alpha value is -0.310. The van der Waals surface area contributed by atoms with Crippen molar-refractivity contribution in [2.45, 2.75) is 38.6 Å². The predicted octanol–water partition coefficient (Wildman–Crippen LogP) is 3.40. The van der Waals surface area contributed by atoms with E-state index < -0.39 is 0 Å². The third-order valence-electron chi connectivity index (χ3n) is 2.93. The molecule has 0 bridgehead atoms. The first-order valence-corrected chi connectivity index (χ1v) is 5.74. The van der Waals surface area contributed by atoms with Crippen LogP contribution in [0.4, 0.5) is 0 Å². The zero-order chi connectivity index (χ0) is 9.26. The van der Waals surface area contributed by atoms with E-state index in [4.69, 9.17) is 0 Å². The molecule has 1 heterocycles. The van der Waals surface area contributed by atoms with E-state index in [-0.39, 0.29) is 0 Å². The fraction of sp³-hybridized carbons (Fsp3) is 0.700. The van der Waals surface area contributed by atoms with E-state index in [2.05, 4.69) is 38.8 Å². The molecule has 0 saturated heterocycles. The Balaban J connectivity index is 2.02. The van der Waals surface area contributed by atoms with Crippen molar-refractivity contribution in [1.29, 1.82) is 0 Å². The van der Waals surface area contributed by atoms with Gasteiger partial charge in [-0.05, 0) is 47.5 Å². The van der Waals surface area contributed by atoms with Gasteiger partial charge in [-0.3, -0.25) is 4.68 Å². The van der Waals surface area contributed by atoms with Crippen LogP contribution in [0.15, 0.2) is 16.9 Å². The van der Waals surface area contributed by atoms with Crippen molar-refractivity contribution in [2.75, 3.05) is 0 Å². The van der Waals surface area contributed by atoms with Gasteiger partial charge in [0.2, 0.25) is 0 Å². The van der Waals surface area contributed by atoms with Crippen LogP contribution < -0.4 is 0 Å². The average molecular weight is 243 g/mol. The van der Waals surface area contributed by atoms with Gasteiger partial charge in [-0.25, -0.2) is 0 Å². The molecule has 1 aliphatic carbocycles. The minimum absolute atomic E-state index is 0.641. The van der Waals surface area contributed by atoms with Crippen LogP contribution in [0.25, 0.3) is 0 Å². The van der Waals surface area contributed by atoms with Gasteiger partial charge in [0.1, 0.15) is 0 Å². The fourth-order valence-corrected chi connectivity index (χ4v) is 2.32. The summed E-state index contributed by atoms with van der Waals surface area (Å²) in [6, 6.07) is 0.641. The second kappa shape index (κ2) is 3.82. The Morgan fingerprint density at radius 3 is 2.62 bits per heavy atom. The van der Waals surface area contributed by atoms with Crippen molar-refractivity contribution in [1.82, 2.24) is 9.78 Å². The molecule has 0 radical (unpaired) electrons. The lowest BCUT2D eigenvalue weighted by atomic mass is 9.87. The van der Waals surface area contributed by atoms with E-state index in [0.717, 1.165) is 10.4 Å². The van der Waals surface area contributed by atoms with Crippen LogP contribution in [0, 0.1) is 5.92 Å². The van der Waals surface area contributed by atoms with Gasteiger partial charge in [-0.1, -0.05) is 6.92 Å². The molecular formula is C10H15BrN2. The molecule has 1 aromatic heterocycles. The van der Waals surface area contributed by atoms with Gasteiger partial charge in [0, 0.05) is 6.20 Å². The molecule has 2 nitrogen and oxygen atoms in total. The van der Waals surface area contributed by atoms with Crippen molar-refractivity contribution in [3.63, 3.8) is 0 Å². The van der Waals surface area contributed by atoms with Crippen LogP contribution in [0.3, 0.4) is 0 Å². The summed E-state index contributed by atoms with van der Waals surface area (Å²) >= 11 is 3.43. The van der Waals surface area contributed by atoms with Gasteiger partial charge in [-0.2, -0.15) is 5.10 Å². The molecule has 1 saturated carbocycles. The summed E-state index contributed by atoms with van der Waals surface area (Å²) in [5, 5.41) is 4.33. The molecule has 2 rings (SSSR count). The number of hydrogen-bond donors (Lipinski definition) is 0. The van der Waals surface area contributed by atoms with Crippen molar-refractivity contribution in [3.05, 3.63) is 16.9 Å². The largest absolute Gasteiger partial charge is 0.269 e. The molecule has 0 spiro atoms. The summed E-state index contributed by atoms with van der Waals surface area (Å²) in [6.07, 6.45) is 9.23. The number of rotatable bonds is 1. The van der Waals surface area contributed by atoms with Crippen LogP contribution in [-0.4, -0.2) is 9.78 Å². The highest BCUT2D eigenvalue weighted by Crippen LogP contribution is 2.31. The normalized spacial score (nSPS) is 29.1. The molecular weight excluding hydrogens is 228 g/mol. The Morgan fingerprint density at radius 2 is 2.08 bits per heavy atom. The summed E-state index contributed by atoms with van der Waals surface area (Å²) in [5.41, 5.74) is 0. The van der Waals surface area contributed by atoms with Gasteiger partial charge in [0.15, 0.2) is 0 Å². The molecule has 13 heavy (non-hydrogen) atoms. The minimum atomic E-state index is 0.641. The Kier molecular flexibility index (Phi) is 2.72. The van der Waals surface area contributed by atoms with Crippen molar-refractivity contribution >= 4 is 15.9 Å². The minimum Gasteiger partial charge on any atom is -0.269 e. The highest BCUT2D eigenvalue weighted by molar-refractivity contribution is 9.10. The summed E-state index contributed by atoms with van der Waals surface area (Å²) in [7, 11) is 0. The molecule has 1 aromatic rings. The average Bonchev–Trinajstić information content (AvgIpc) is 2.53. The molecule has 0 unspecified atom stereocenters. The Labute approximate surface area is 87.5 Å². The third kappa shape index (κ3) is 2.13. The quantitative estimate of drug-likeness (QED) is 0.739. The topological polar surface area (TPSA) is 17.8 Å². The lowest BCUT2D eigenvalue weighted by Crippen LogP contribution is -2.16. The summed E-state index contributed by atoms with van der Waals surface area (Å²) in [5.74, 6) is 0.912. The van der Waals surface area contributed by atoms with E-state index in [1.807, 2.05) is 6.20 Å². The van der Waals surface area contributed by atoms with Gasteiger partial charge in [0.25, 0.3) is 0 Å². The fourth-order valence-electron chi connectivity index (χ4n) is 2.02. The second-order valence-corrected chi connectivity index (χ2v) is 4.97. The van der Waals surface area contributed by atoms with Crippen LogP contribution >= 0.6 is 15.9 Å². The van der Waals surface area contributed by atoms with Gasteiger partial charge in [0.05, 0.1) is 16.7 Å². The summed E-state index contributed by atoms with van der Waals surface area (Å²) in [6.45, 7) is 2.34. The predicted molar refractivity (Wildman–Crippen MR) is 56.6 cm³/mol.